The van der Waals surface area contributed by atoms with Crippen LogP contribution in [0.1, 0.15) is 38.8 Å². The van der Waals surface area contributed by atoms with Gasteiger partial charge in [-0.05, 0) is 39.3 Å². The highest BCUT2D eigenvalue weighted by Gasteiger charge is 2.52. The van der Waals surface area contributed by atoms with Crippen LogP contribution in [0.25, 0.3) is 0 Å². The van der Waals surface area contributed by atoms with E-state index in [0.29, 0.717) is 6.54 Å². The molecule has 1 saturated heterocycles. The fraction of sp³-hybridized carbons (Fsp3) is 0.533. The minimum atomic E-state index is -0.402. The van der Waals surface area contributed by atoms with Crippen LogP contribution in [0.4, 0.5) is 0 Å². The van der Waals surface area contributed by atoms with Crippen molar-refractivity contribution in [2.45, 2.75) is 45.4 Å². The molecule has 2 aliphatic heterocycles. The van der Waals surface area contributed by atoms with Crippen molar-refractivity contribution in [2.75, 3.05) is 7.11 Å². The van der Waals surface area contributed by atoms with Crippen LogP contribution in [0, 0.1) is 0 Å². The molecule has 0 amide bonds. The zero-order valence-corrected chi connectivity index (χ0v) is 12.7. The number of hydrogen-bond acceptors (Lipinski definition) is 4. The van der Waals surface area contributed by atoms with Gasteiger partial charge in [0.2, 0.25) is 0 Å². The van der Waals surface area contributed by atoms with Crippen LogP contribution in [0.15, 0.2) is 17.1 Å². The summed E-state index contributed by atoms with van der Waals surface area (Å²) in [4.78, 5) is 4.29. The maximum absolute atomic E-state index is 6.11. The van der Waals surface area contributed by atoms with E-state index in [4.69, 9.17) is 14.0 Å². The zero-order valence-electron chi connectivity index (χ0n) is 12.7. The maximum atomic E-state index is 6.11. The second-order valence-corrected chi connectivity index (χ2v) is 6.35. The molecule has 1 aromatic rings. The monoisotopic (exact) mass is 273 g/mol. The van der Waals surface area contributed by atoms with Gasteiger partial charge < -0.3 is 14.0 Å². The van der Waals surface area contributed by atoms with E-state index < -0.39 is 7.12 Å². The minimum absolute atomic E-state index is 0.349. The molecule has 0 aliphatic carbocycles. The Labute approximate surface area is 120 Å². The Hall–Kier alpha value is -1.33. The third kappa shape index (κ3) is 1.96. The molecule has 0 spiro atoms. The van der Waals surface area contributed by atoms with Crippen molar-refractivity contribution in [1.29, 1.82) is 0 Å². The van der Waals surface area contributed by atoms with Gasteiger partial charge in [-0.3, -0.25) is 4.99 Å². The van der Waals surface area contributed by atoms with Crippen molar-refractivity contribution < 1.29 is 14.0 Å². The molecule has 0 radical (unpaired) electrons. The molecule has 106 valence electrons. The smallest absolute Gasteiger partial charge is 0.497 e. The number of nitrogens with zero attached hydrogens (tertiary/aromatic N) is 1. The molecule has 0 aromatic heterocycles. The summed E-state index contributed by atoms with van der Waals surface area (Å²) < 4.78 is 17.7. The lowest BCUT2D eigenvalue weighted by Crippen LogP contribution is -2.41. The van der Waals surface area contributed by atoms with E-state index >= 15 is 0 Å². The van der Waals surface area contributed by atoms with Crippen molar-refractivity contribution in [1.82, 2.24) is 0 Å². The molecule has 0 bridgehead atoms. The Morgan fingerprint density at radius 1 is 1.15 bits per heavy atom. The van der Waals surface area contributed by atoms with Crippen LogP contribution in [0.2, 0.25) is 0 Å². The Kier molecular flexibility index (Phi) is 2.96. The quantitative estimate of drug-likeness (QED) is 0.773. The first-order valence-corrected chi connectivity index (χ1v) is 6.90. The molecule has 0 N–H and O–H groups in total. The number of methoxy groups -OCH3 is 1. The number of hydrogen-bond donors (Lipinski definition) is 0. The normalized spacial score (nSPS) is 22.1. The van der Waals surface area contributed by atoms with Gasteiger partial charge in [-0.2, -0.15) is 0 Å². The first-order valence-electron chi connectivity index (χ1n) is 6.90. The van der Waals surface area contributed by atoms with Gasteiger partial charge in [0.1, 0.15) is 5.75 Å². The second kappa shape index (κ2) is 4.33. The van der Waals surface area contributed by atoms with Crippen molar-refractivity contribution in [3.05, 3.63) is 23.3 Å². The summed E-state index contributed by atoms with van der Waals surface area (Å²) >= 11 is 0. The second-order valence-electron chi connectivity index (χ2n) is 6.35. The van der Waals surface area contributed by atoms with Gasteiger partial charge in [-0.1, -0.05) is 6.07 Å². The van der Waals surface area contributed by atoms with Crippen molar-refractivity contribution in [3.8, 4) is 5.75 Å². The number of ether oxygens (including phenoxy) is 1. The van der Waals surface area contributed by atoms with Gasteiger partial charge in [0, 0.05) is 17.2 Å². The van der Waals surface area contributed by atoms with E-state index in [0.717, 1.165) is 16.8 Å². The summed E-state index contributed by atoms with van der Waals surface area (Å²) in [6.07, 6.45) is 1.88. The highest BCUT2D eigenvalue weighted by Crippen LogP contribution is 2.37. The number of rotatable bonds is 2. The van der Waals surface area contributed by atoms with E-state index in [2.05, 4.69) is 38.8 Å². The molecular formula is C15H20BNO3. The molecule has 0 saturated carbocycles. The van der Waals surface area contributed by atoms with Crippen LogP contribution in [-0.2, 0) is 15.9 Å². The first-order chi connectivity index (χ1) is 9.34. The van der Waals surface area contributed by atoms with Crippen LogP contribution < -0.4 is 10.2 Å². The van der Waals surface area contributed by atoms with E-state index in [-0.39, 0.29) is 11.2 Å². The fourth-order valence-corrected chi connectivity index (χ4v) is 2.49. The highest BCUT2D eigenvalue weighted by atomic mass is 16.7. The molecular weight excluding hydrogens is 253 g/mol. The third-order valence-corrected chi connectivity index (χ3v) is 4.49. The highest BCUT2D eigenvalue weighted by molar-refractivity contribution is 6.63. The van der Waals surface area contributed by atoms with E-state index in [1.165, 1.54) is 5.56 Å². The molecule has 3 rings (SSSR count). The lowest BCUT2D eigenvalue weighted by Gasteiger charge is -2.32. The Balaban J connectivity index is 2.00. The van der Waals surface area contributed by atoms with Crippen molar-refractivity contribution in [2.24, 2.45) is 4.99 Å². The van der Waals surface area contributed by atoms with Gasteiger partial charge >= 0.3 is 7.12 Å². The molecule has 2 heterocycles. The Morgan fingerprint density at radius 3 is 2.40 bits per heavy atom. The number of aliphatic imine (C=N–C) groups is 1. The molecule has 20 heavy (non-hydrogen) atoms. The van der Waals surface area contributed by atoms with Gasteiger partial charge in [0.15, 0.2) is 0 Å². The molecule has 2 aliphatic rings. The van der Waals surface area contributed by atoms with Crippen LogP contribution in [-0.4, -0.2) is 31.6 Å². The van der Waals surface area contributed by atoms with Crippen LogP contribution in [0.5, 0.6) is 5.75 Å². The SMILES string of the molecule is COc1cc2c(cc1B1OC(C)(C)C(C)(C)O1)CN=C2. The first kappa shape index (κ1) is 13.6. The Morgan fingerprint density at radius 2 is 1.80 bits per heavy atom. The standard InChI is InChI=1S/C15H20BNO3/c1-14(2)15(3,4)20-16(19-14)12-6-10-8-17-9-11(10)7-13(12)18-5/h6-7,9H,8H2,1-5H3. The zero-order chi connectivity index (χ0) is 14.5. The topological polar surface area (TPSA) is 40.0 Å². The predicted octanol–water partition coefficient (Wildman–Crippen LogP) is 1.93. The molecule has 1 aromatic carbocycles. The fourth-order valence-electron chi connectivity index (χ4n) is 2.49. The van der Waals surface area contributed by atoms with Crippen molar-refractivity contribution >= 4 is 18.8 Å². The van der Waals surface area contributed by atoms with Gasteiger partial charge in [-0.15, -0.1) is 0 Å². The molecule has 1 fully saturated rings. The van der Waals surface area contributed by atoms with Gasteiger partial charge in [0.25, 0.3) is 0 Å². The average Bonchev–Trinajstić information content (AvgIpc) is 2.89. The molecule has 5 heteroatoms. The average molecular weight is 273 g/mol. The minimum Gasteiger partial charge on any atom is -0.497 e. The largest absolute Gasteiger partial charge is 0.498 e. The Bertz CT molecular complexity index is 565. The van der Waals surface area contributed by atoms with Crippen molar-refractivity contribution in [3.63, 3.8) is 0 Å². The summed E-state index contributed by atoms with van der Waals surface area (Å²) in [6, 6.07) is 4.09. The lowest BCUT2D eigenvalue weighted by molar-refractivity contribution is 0.00578. The van der Waals surface area contributed by atoms with E-state index in [1.54, 1.807) is 7.11 Å². The lowest BCUT2D eigenvalue weighted by atomic mass is 9.77. The summed E-state index contributed by atoms with van der Waals surface area (Å²) in [5.41, 5.74) is 2.55. The van der Waals surface area contributed by atoms with E-state index in [9.17, 15) is 0 Å². The summed E-state index contributed by atoms with van der Waals surface area (Å²) in [6.45, 7) is 8.92. The molecule has 4 nitrogen and oxygen atoms in total. The van der Waals surface area contributed by atoms with Crippen LogP contribution in [0.3, 0.4) is 0 Å². The number of benzene rings is 1. The predicted molar refractivity (Wildman–Crippen MR) is 80.0 cm³/mol. The van der Waals surface area contributed by atoms with Crippen LogP contribution >= 0.6 is 0 Å². The third-order valence-electron chi connectivity index (χ3n) is 4.49. The summed E-state index contributed by atoms with van der Waals surface area (Å²) in [5, 5.41) is 0. The van der Waals surface area contributed by atoms with Gasteiger partial charge in [0.05, 0.1) is 24.9 Å². The molecule has 0 unspecified atom stereocenters. The summed E-state index contributed by atoms with van der Waals surface area (Å²) in [7, 11) is 1.27. The molecule has 0 atom stereocenters. The summed E-state index contributed by atoms with van der Waals surface area (Å²) in [5.74, 6) is 0.788. The van der Waals surface area contributed by atoms with Gasteiger partial charge in [-0.25, -0.2) is 0 Å². The van der Waals surface area contributed by atoms with E-state index in [1.807, 2.05) is 12.3 Å². The maximum Gasteiger partial charge on any atom is 0.498 e. The number of fused-ring (bicyclic) bond motifs is 1.